The standard InChI is InChI=1S/C15H19N3/c1-10-7-11(2)15(12(3)8-10)13(9-16)14-5-4-6-17-18-14/h4-8,13H,9,16H2,1-3H3. The molecular weight excluding hydrogens is 222 g/mol. The molecule has 0 aliphatic rings. The SMILES string of the molecule is Cc1cc(C)c(C(CN)c2cccnn2)c(C)c1. The number of nitrogens with zero attached hydrogens (tertiary/aromatic N) is 2. The average Bonchev–Trinajstić information content (AvgIpc) is 2.34. The molecule has 3 heteroatoms. The van der Waals surface area contributed by atoms with Crippen molar-refractivity contribution in [2.45, 2.75) is 26.7 Å². The fourth-order valence-electron chi connectivity index (χ4n) is 2.63. The molecule has 18 heavy (non-hydrogen) atoms. The first-order valence-corrected chi connectivity index (χ1v) is 6.19. The van der Waals surface area contributed by atoms with E-state index < -0.39 is 0 Å². The molecule has 2 aromatic rings. The topological polar surface area (TPSA) is 51.8 Å². The van der Waals surface area contributed by atoms with Crippen LogP contribution in [0.3, 0.4) is 0 Å². The van der Waals surface area contributed by atoms with E-state index in [1.54, 1.807) is 6.20 Å². The van der Waals surface area contributed by atoms with Gasteiger partial charge in [0.2, 0.25) is 0 Å². The largest absolute Gasteiger partial charge is 0.329 e. The van der Waals surface area contributed by atoms with E-state index >= 15 is 0 Å². The summed E-state index contributed by atoms with van der Waals surface area (Å²) in [4.78, 5) is 0. The number of nitrogens with two attached hydrogens (primary N) is 1. The zero-order valence-corrected chi connectivity index (χ0v) is 11.1. The highest BCUT2D eigenvalue weighted by atomic mass is 15.1. The van der Waals surface area contributed by atoms with Crippen molar-refractivity contribution in [1.29, 1.82) is 0 Å². The smallest absolute Gasteiger partial charge is 0.0718 e. The van der Waals surface area contributed by atoms with Crippen molar-refractivity contribution in [3.05, 3.63) is 58.4 Å². The highest BCUT2D eigenvalue weighted by Crippen LogP contribution is 2.28. The van der Waals surface area contributed by atoms with Crippen LogP contribution in [0.4, 0.5) is 0 Å². The van der Waals surface area contributed by atoms with Gasteiger partial charge in [0, 0.05) is 18.7 Å². The third-order valence-corrected chi connectivity index (χ3v) is 3.27. The molecule has 0 aliphatic carbocycles. The second-order valence-corrected chi connectivity index (χ2v) is 4.75. The van der Waals surface area contributed by atoms with Gasteiger partial charge in [0.25, 0.3) is 0 Å². The van der Waals surface area contributed by atoms with E-state index in [0.717, 1.165) is 5.69 Å². The van der Waals surface area contributed by atoms with Crippen LogP contribution in [0, 0.1) is 20.8 Å². The first kappa shape index (κ1) is 12.7. The molecule has 1 atom stereocenters. The van der Waals surface area contributed by atoms with Gasteiger partial charge < -0.3 is 5.73 Å². The summed E-state index contributed by atoms with van der Waals surface area (Å²) in [5, 5.41) is 8.15. The molecule has 1 aromatic carbocycles. The van der Waals surface area contributed by atoms with Gasteiger partial charge >= 0.3 is 0 Å². The zero-order chi connectivity index (χ0) is 13.1. The first-order valence-electron chi connectivity index (χ1n) is 6.19. The Morgan fingerprint density at radius 3 is 2.33 bits per heavy atom. The highest BCUT2D eigenvalue weighted by Gasteiger charge is 2.18. The quantitative estimate of drug-likeness (QED) is 0.898. The maximum atomic E-state index is 5.94. The summed E-state index contributed by atoms with van der Waals surface area (Å²) in [6.45, 7) is 6.93. The third kappa shape index (κ3) is 2.41. The van der Waals surface area contributed by atoms with E-state index in [2.05, 4.69) is 43.1 Å². The normalized spacial score (nSPS) is 12.4. The number of aromatic nitrogens is 2. The number of rotatable bonds is 3. The van der Waals surface area contributed by atoms with E-state index in [0.29, 0.717) is 6.54 Å². The van der Waals surface area contributed by atoms with Crippen LogP contribution in [0.25, 0.3) is 0 Å². The predicted octanol–water partition coefficient (Wildman–Crippen LogP) is 2.49. The van der Waals surface area contributed by atoms with Crippen molar-refractivity contribution in [3.8, 4) is 0 Å². The summed E-state index contributed by atoms with van der Waals surface area (Å²) in [5.74, 6) is 0.124. The summed E-state index contributed by atoms with van der Waals surface area (Å²) in [6.07, 6.45) is 1.69. The molecule has 0 saturated carbocycles. The third-order valence-electron chi connectivity index (χ3n) is 3.27. The second kappa shape index (κ2) is 5.27. The second-order valence-electron chi connectivity index (χ2n) is 4.75. The van der Waals surface area contributed by atoms with E-state index in [1.165, 1.54) is 22.3 Å². The molecule has 0 spiro atoms. The van der Waals surface area contributed by atoms with Crippen molar-refractivity contribution in [2.24, 2.45) is 5.73 Å². The van der Waals surface area contributed by atoms with Crippen LogP contribution in [-0.4, -0.2) is 16.7 Å². The number of aryl methyl sites for hydroxylation is 3. The molecule has 1 aromatic heterocycles. The van der Waals surface area contributed by atoms with Crippen molar-refractivity contribution in [2.75, 3.05) is 6.54 Å². The Hall–Kier alpha value is -1.74. The minimum atomic E-state index is 0.124. The van der Waals surface area contributed by atoms with Gasteiger partial charge in [0.15, 0.2) is 0 Å². The zero-order valence-electron chi connectivity index (χ0n) is 11.1. The maximum Gasteiger partial charge on any atom is 0.0718 e. The van der Waals surface area contributed by atoms with Gasteiger partial charge in [-0.05, 0) is 49.6 Å². The van der Waals surface area contributed by atoms with Gasteiger partial charge in [0.05, 0.1) is 5.69 Å². The lowest BCUT2D eigenvalue weighted by atomic mass is 9.87. The Bertz CT molecular complexity index is 512. The molecular formula is C15H19N3. The molecule has 2 rings (SSSR count). The fraction of sp³-hybridized carbons (Fsp3) is 0.333. The van der Waals surface area contributed by atoms with Crippen molar-refractivity contribution in [1.82, 2.24) is 10.2 Å². The Balaban J connectivity index is 2.52. The molecule has 0 saturated heterocycles. The lowest BCUT2D eigenvalue weighted by Gasteiger charge is -2.20. The highest BCUT2D eigenvalue weighted by molar-refractivity contribution is 5.43. The van der Waals surface area contributed by atoms with Gasteiger partial charge in [-0.1, -0.05) is 17.7 Å². The summed E-state index contributed by atoms with van der Waals surface area (Å²) in [7, 11) is 0. The lowest BCUT2D eigenvalue weighted by Crippen LogP contribution is -2.17. The summed E-state index contributed by atoms with van der Waals surface area (Å²) in [6, 6.07) is 8.29. The van der Waals surface area contributed by atoms with Crippen LogP contribution in [0.15, 0.2) is 30.5 Å². The maximum absolute atomic E-state index is 5.94. The minimum Gasteiger partial charge on any atom is -0.329 e. The predicted molar refractivity (Wildman–Crippen MR) is 73.6 cm³/mol. The van der Waals surface area contributed by atoms with Crippen molar-refractivity contribution >= 4 is 0 Å². The molecule has 3 nitrogen and oxygen atoms in total. The molecule has 0 fully saturated rings. The van der Waals surface area contributed by atoms with Crippen molar-refractivity contribution in [3.63, 3.8) is 0 Å². The minimum absolute atomic E-state index is 0.124. The van der Waals surface area contributed by atoms with Crippen LogP contribution in [0.1, 0.15) is 33.9 Å². The Labute approximate surface area is 108 Å². The summed E-state index contributed by atoms with van der Waals surface area (Å²) < 4.78 is 0. The molecule has 0 aliphatic heterocycles. The Morgan fingerprint density at radius 2 is 1.83 bits per heavy atom. The number of hydrogen-bond acceptors (Lipinski definition) is 3. The van der Waals surface area contributed by atoms with E-state index in [9.17, 15) is 0 Å². The number of benzene rings is 1. The molecule has 94 valence electrons. The van der Waals surface area contributed by atoms with E-state index in [-0.39, 0.29) is 5.92 Å². The molecule has 1 heterocycles. The molecule has 2 N–H and O–H groups in total. The first-order chi connectivity index (χ1) is 8.63. The van der Waals surface area contributed by atoms with Crippen LogP contribution in [-0.2, 0) is 0 Å². The van der Waals surface area contributed by atoms with E-state index in [4.69, 9.17) is 5.73 Å². The van der Waals surface area contributed by atoms with Crippen LogP contribution >= 0.6 is 0 Å². The molecule has 0 radical (unpaired) electrons. The van der Waals surface area contributed by atoms with E-state index in [1.807, 2.05) is 12.1 Å². The molecule has 0 bridgehead atoms. The van der Waals surface area contributed by atoms with Crippen molar-refractivity contribution < 1.29 is 0 Å². The summed E-state index contributed by atoms with van der Waals surface area (Å²) >= 11 is 0. The molecule has 1 unspecified atom stereocenters. The van der Waals surface area contributed by atoms with Gasteiger partial charge in [-0.15, -0.1) is 0 Å². The van der Waals surface area contributed by atoms with Gasteiger partial charge in [-0.25, -0.2) is 0 Å². The monoisotopic (exact) mass is 241 g/mol. The Morgan fingerprint density at radius 1 is 1.17 bits per heavy atom. The van der Waals surface area contributed by atoms with Crippen LogP contribution < -0.4 is 5.73 Å². The molecule has 0 amide bonds. The van der Waals surface area contributed by atoms with Gasteiger partial charge in [0.1, 0.15) is 0 Å². The Kier molecular flexibility index (Phi) is 3.72. The van der Waals surface area contributed by atoms with Gasteiger partial charge in [-0.2, -0.15) is 10.2 Å². The average molecular weight is 241 g/mol. The number of hydrogen-bond donors (Lipinski definition) is 1. The lowest BCUT2D eigenvalue weighted by molar-refractivity contribution is 0.750. The summed E-state index contributed by atoms with van der Waals surface area (Å²) in [5.41, 5.74) is 12.0. The van der Waals surface area contributed by atoms with Crippen LogP contribution in [0.5, 0.6) is 0 Å². The van der Waals surface area contributed by atoms with Crippen LogP contribution in [0.2, 0.25) is 0 Å². The van der Waals surface area contributed by atoms with Gasteiger partial charge in [-0.3, -0.25) is 0 Å². The fourth-order valence-corrected chi connectivity index (χ4v) is 2.63.